The zero-order chi connectivity index (χ0) is 20.5. The molecule has 0 unspecified atom stereocenters. The van der Waals surface area contributed by atoms with Crippen LogP contribution in [0.2, 0.25) is 0 Å². The zero-order valence-electron chi connectivity index (χ0n) is 15.8. The van der Waals surface area contributed by atoms with E-state index in [1.165, 1.54) is 13.3 Å². The van der Waals surface area contributed by atoms with Crippen molar-refractivity contribution >= 4 is 40.7 Å². The molecule has 0 aliphatic heterocycles. The molecule has 0 aromatic heterocycles. The lowest BCUT2D eigenvalue weighted by atomic mass is 10.1. The van der Waals surface area contributed by atoms with Crippen LogP contribution in [0.4, 0.5) is 0 Å². The predicted octanol–water partition coefficient (Wildman–Crippen LogP) is 3.31. The number of methoxy groups -OCH3 is 1. The number of ether oxygens (including phenoxy) is 3. The van der Waals surface area contributed by atoms with Gasteiger partial charge in [-0.05, 0) is 65.8 Å². The molecule has 0 aliphatic carbocycles. The molecule has 0 aliphatic rings. The highest BCUT2D eigenvalue weighted by Gasteiger charge is 2.13. The number of nitrogens with zero attached hydrogens (tertiary/aromatic N) is 1. The zero-order valence-corrected chi connectivity index (χ0v) is 18.0. The minimum Gasteiger partial charge on any atom is -0.493 e. The fourth-order valence-corrected chi connectivity index (χ4v) is 3.12. The molecule has 7 nitrogen and oxygen atoms in total. The summed E-state index contributed by atoms with van der Waals surface area (Å²) in [5, 5.41) is 4.01. The van der Waals surface area contributed by atoms with Gasteiger partial charge in [0.15, 0.2) is 18.1 Å². The van der Waals surface area contributed by atoms with Crippen LogP contribution in [-0.2, 0) is 9.53 Å². The molecule has 2 aromatic rings. The van der Waals surface area contributed by atoms with Crippen molar-refractivity contribution in [2.75, 3.05) is 20.3 Å². The van der Waals surface area contributed by atoms with Gasteiger partial charge in [0.05, 0.1) is 23.5 Å². The van der Waals surface area contributed by atoms with Crippen molar-refractivity contribution in [2.24, 2.45) is 5.10 Å². The molecule has 1 amide bonds. The Morgan fingerprint density at radius 1 is 1.25 bits per heavy atom. The van der Waals surface area contributed by atoms with Crippen LogP contribution in [0.5, 0.6) is 11.5 Å². The van der Waals surface area contributed by atoms with E-state index in [0.29, 0.717) is 29.2 Å². The van der Waals surface area contributed by atoms with Crippen LogP contribution in [-0.4, -0.2) is 38.4 Å². The number of carbonyl (C=O) groups is 2. The van der Waals surface area contributed by atoms with E-state index in [1.807, 2.05) is 19.1 Å². The average molecular weight is 496 g/mol. The summed E-state index contributed by atoms with van der Waals surface area (Å²) in [4.78, 5) is 23.7. The van der Waals surface area contributed by atoms with Crippen molar-refractivity contribution in [3.05, 3.63) is 56.7 Å². The van der Waals surface area contributed by atoms with Gasteiger partial charge in [0, 0.05) is 5.56 Å². The minimum absolute atomic E-state index is 0.208. The van der Waals surface area contributed by atoms with Crippen molar-refractivity contribution in [2.45, 2.75) is 13.8 Å². The summed E-state index contributed by atoms with van der Waals surface area (Å²) < 4.78 is 16.4. The Morgan fingerprint density at radius 3 is 2.68 bits per heavy atom. The van der Waals surface area contributed by atoms with Gasteiger partial charge in [-0.1, -0.05) is 18.2 Å². The maximum atomic E-state index is 12.2. The molecule has 2 rings (SSSR count). The number of hydrogen-bond acceptors (Lipinski definition) is 6. The number of aryl methyl sites for hydroxylation is 1. The Kier molecular flexibility index (Phi) is 8.24. The van der Waals surface area contributed by atoms with Gasteiger partial charge in [-0.2, -0.15) is 5.10 Å². The van der Waals surface area contributed by atoms with E-state index < -0.39 is 5.97 Å². The third-order valence-electron chi connectivity index (χ3n) is 3.66. The number of rotatable bonds is 8. The van der Waals surface area contributed by atoms with Gasteiger partial charge < -0.3 is 14.2 Å². The first-order chi connectivity index (χ1) is 13.5. The standard InChI is InChI=1S/C20H21IN2O5/c1-4-27-18(24)12-28-19-16(21)9-14(10-17(19)26-3)11-22-23-20(25)15-8-6-5-7-13(15)2/h5-11H,4,12H2,1-3H3,(H,23,25)/b22-11-. The Balaban J connectivity index is 2.09. The van der Waals surface area contributed by atoms with Crippen LogP contribution in [0.1, 0.15) is 28.4 Å². The molecule has 0 saturated carbocycles. The molecular weight excluding hydrogens is 475 g/mol. The van der Waals surface area contributed by atoms with Gasteiger partial charge in [0.2, 0.25) is 0 Å². The topological polar surface area (TPSA) is 86.2 Å². The van der Waals surface area contributed by atoms with E-state index in [9.17, 15) is 9.59 Å². The molecule has 0 heterocycles. The lowest BCUT2D eigenvalue weighted by Crippen LogP contribution is -2.18. The number of esters is 1. The lowest BCUT2D eigenvalue weighted by Gasteiger charge is -2.13. The Hall–Kier alpha value is -2.62. The summed E-state index contributed by atoms with van der Waals surface area (Å²) in [7, 11) is 1.50. The van der Waals surface area contributed by atoms with Crippen LogP contribution in [0.25, 0.3) is 0 Å². The molecule has 28 heavy (non-hydrogen) atoms. The maximum Gasteiger partial charge on any atom is 0.344 e. The predicted molar refractivity (Wildman–Crippen MR) is 114 cm³/mol. The molecular formula is C20H21IN2O5. The van der Waals surface area contributed by atoms with E-state index in [0.717, 1.165) is 9.13 Å². The molecule has 0 spiro atoms. The second-order valence-corrected chi connectivity index (χ2v) is 6.80. The molecule has 0 atom stereocenters. The number of hydrazone groups is 1. The fraction of sp³-hybridized carbons (Fsp3) is 0.250. The number of nitrogens with one attached hydrogen (secondary N) is 1. The van der Waals surface area contributed by atoms with E-state index in [1.54, 1.807) is 31.2 Å². The van der Waals surface area contributed by atoms with Crippen molar-refractivity contribution in [1.29, 1.82) is 0 Å². The Labute approximate surface area is 177 Å². The van der Waals surface area contributed by atoms with Crippen LogP contribution in [0.3, 0.4) is 0 Å². The minimum atomic E-state index is -0.454. The maximum absolute atomic E-state index is 12.2. The first-order valence-corrected chi connectivity index (χ1v) is 9.59. The highest BCUT2D eigenvalue weighted by atomic mass is 127. The summed E-state index contributed by atoms with van der Waals surface area (Å²) in [6.07, 6.45) is 1.51. The van der Waals surface area contributed by atoms with Crippen LogP contribution < -0.4 is 14.9 Å². The van der Waals surface area contributed by atoms with Gasteiger partial charge in [0.1, 0.15) is 0 Å². The van der Waals surface area contributed by atoms with Gasteiger partial charge in [-0.25, -0.2) is 10.2 Å². The first kappa shape index (κ1) is 21.7. The molecule has 148 valence electrons. The third-order valence-corrected chi connectivity index (χ3v) is 4.46. The molecule has 0 bridgehead atoms. The molecule has 0 radical (unpaired) electrons. The van der Waals surface area contributed by atoms with E-state index in [-0.39, 0.29) is 12.5 Å². The number of amides is 1. The average Bonchev–Trinajstić information content (AvgIpc) is 2.67. The molecule has 1 N–H and O–H groups in total. The van der Waals surface area contributed by atoms with Crippen LogP contribution in [0, 0.1) is 10.5 Å². The number of benzene rings is 2. The molecule has 0 saturated heterocycles. The fourth-order valence-electron chi connectivity index (χ4n) is 2.34. The van der Waals surface area contributed by atoms with Gasteiger partial charge in [-0.3, -0.25) is 4.79 Å². The van der Waals surface area contributed by atoms with Crippen molar-refractivity contribution < 1.29 is 23.8 Å². The Morgan fingerprint density at radius 2 is 2.00 bits per heavy atom. The highest BCUT2D eigenvalue weighted by Crippen LogP contribution is 2.33. The second kappa shape index (κ2) is 10.6. The van der Waals surface area contributed by atoms with Crippen molar-refractivity contribution in [3.63, 3.8) is 0 Å². The van der Waals surface area contributed by atoms with Crippen LogP contribution >= 0.6 is 22.6 Å². The van der Waals surface area contributed by atoms with Crippen molar-refractivity contribution in [1.82, 2.24) is 5.43 Å². The third kappa shape index (κ3) is 5.95. The number of carbonyl (C=O) groups excluding carboxylic acids is 2. The smallest absolute Gasteiger partial charge is 0.344 e. The van der Waals surface area contributed by atoms with E-state index >= 15 is 0 Å². The molecule has 2 aromatic carbocycles. The van der Waals surface area contributed by atoms with E-state index in [4.69, 9.17) is 14.2 Å². The SMILES string of the molecule is CCOC(=O)COc1c(I)cc(/C=N\NC(=O)c2ccccc2C)cc1OC. The lowest BCUT2D eigenvalue weighted by molar-refractivity contribution is -0.145. The first-order valence-electron chi connectivity index (χ1n) is 8.51. The largest absolute Gasteiger partial charge is 0.493 e. The Bertz CT molecular complexity index is 883. The summed E-state index contributed by atoms with van der Waals surface area (Å²) in [5.74, 6) is 0.149. The summed E-state index contributed by atoms with van der Waals surface area (Å²) in [6, 6.07) is 10.8. The van der Waals surface area contributed by atoms with E-state index in [2.05, 4.69) is 33.1 Å². The number of halogens is 1. The summed E-state index contributed by atoms with van der Waals surface area (Å²) in [5.41, 5.74) is 4.65. The van der Waals surface area contributed by atoms with Gasteiger partial charge in [0.25, 0.3) is 5.91 Å². The monoisotopic (exact) mass is 496 g/mol. The van der Waals surface area contributed by atoms with Crippen molar-refractivity contribution in [3.8, 4) is 11.5 Å². The normalized spacial score (nSPS) is 10.6. The van der Waals surface area contributed by atoms with Crippen LogP contribution in [0.15, 0.2) is 41.5 Å². The number of hydrogen-bond donors (Lipinski definition) is 1. The second-order valence-electron chi connectivity index (χ2n) is 5.64. The molecule has 0 fully saturated rings. The van der Waals surface area contributed by atoms with Gasteiger partial charge >= 0.3 is 5.97 Å². The summed E-state index contributed by atoms with van der Waals surface area (Å²) >= 11 is 2.08. The summed E-state index contributed by atoms with van der Waals surface area (Å²) in [6.45, 7) is 3.68. The quantitative estimate of drug-likeness (QED) is 0.262. The van der Waals surface area contributed by atoms with Gasteiger partial charge in [-0.15, -0.1) is 0 Å². The molecule has 8 heteroatoms. The highest BCUT2D eigenvalue weighted by molar-refractivity contribution is 14.1.